The SMILES string of the molecule is CC1CNCC1Nc1cncc(-c2cnc3cc(-c4cnn(C)c4)ccn23)n1. The lowest BCUT2D eigenvalue weighted by molar-refractivity contribution is 0.593. The van der Waals surface area contributed by atoms with Crippen LogP contribution >= 0.6 is 0 Å². The van der Waals surface area contributed by atoms with Crippen LogP contribution in [-0.4, -0.2) is 48.3 Å². The zero-order valence-electron chi connectivity index (χ0n) is 15.9. The van der Waals surface area contributed by atoms with Gasteiger partial charge in [-0.1, -0.05) is 6.92 Å². The summed E-state index contributed by atoms with van der Waals surface area (Å²) in [5.41, 5.74) is 4.73. The number of anilines is 1. The van der Waals surface area contributed by atoms with E-state index >= 15 is 0 Å². The van der Waals surface area contributed by atoms with E-state index in [0.717, 1.165) is 47.1 Å². The molecule has 0 radical (unpaired) electrons. The zero-order chi connectivity index (χ0) is 19.1. The third kappa shape index (κ3) is 3.01. The molecule has 5 rings (SSSR count). The van der Waals surface area contributed by atoms with Gasteiger partial charge in [-0.2, -0.15) is 5.10 Å². The van der Waals surface area contributed by atoms with Crippen LogP contribution in [-0.2, 0) is 7.05 Å². The van der Waals surface area contributed by atoms with Crippen molar-refractivity contribution in [1.82, 2.24) is 34.4 Å². The molecule has 2 unspecified atom stereocenters. The molecule has 0 aliphatic carbocycles. The van der Waals surface area contributed by atoms with E-state index in [1.165, 1.54) is 0 Å². The summed E-state index contributed by atoms with van der Waals surface area (Å²) < 4.78 is 3.83. The molecule has 8 heteroatoms. The van der Waals surface area contributed by atoms with Crippen LogP contribution in [0.15, 0.2) is 49.3 Å². The number of hydrogen-bond donors (Lipinski definition) is 2. The largest absolute Gasteiger partial charge is 0.364 e. The second-order valence-corrected chi connectivity index (χ2v) is 7.37. The van der Waals surface area contributed by atoms with Gasteiger partial charge >= 0.3 is 0 Å². The van der Waals surface area contributed by atoms with Gasteiger partial charge in [-0.25, -0.2) is 9.97 Å². The van der Waals surface area contributed by atoms with Gasteiger partial charge in [0.25, 0.3) is 0 Å². The Balaban J connectivity index is 1.47. The molecule has 0 saturated carbocycles. The number of rotatable bonds is 4. The number of nitrogens with one attached hydrogen (secondary N) is 2. The maximum absolute atomic E-state index is 4.77. The first kappa shape index (κ1) is 16.9. The molecule has 142 valence electrons. The van der Waals surface area contributed by atoms with Crippen LogP contribution < -0.4 is 10.6 Å². The Hall–Kier alpha value is -3.26. The summed E-state index contributed by atoms with van der Waals surface area (Å²) in [6, 6.07) is 4.49. The highest BCUT2D eigenvalue weighted by Crippen LogP contribution is 2.24. The molecule has 1 fully saturated rings. The summed E-state index contributed by atoms with van der Waals surface area (Å²) in [5, 5.41) is 11.1. The summed E-state index contributed by atoms with van der Waals surface area (Å²) in [6.07, 6.45) is 11.3. The number of aryl methyl sites for hydroxylation is 1. The van der Waals surface area contributed by atoms with Gasteiger partial charge in [-0.05, 0) is 30.2 Å². The Morgan fingerprint density at radius 3 is 2.86 bits per heavy atom. The van der Waals surface area contributed by atoms with Crippen LogP contribution in [0.2, 0.25) is 0 Å². The fourth-order valence-corrected chi connectivity index (χ4v) is 3.67. The minimum atomic E-state index is 0.369. The lowest BCUT2D eigenvalue weighted by atomic mass is 10.1. The Labute approximate surface area is 162 Å². The van der Waals surface area contributed by atoms with Crippen molar-refractivity contribution in [1.29, 1.82) is 0 Å². The van der Waals surface area contributed by atoms with Gasteiger partial charge < -0.3 is 10.6 Å². The van der Waals surface area contributed by atoms with Crippen molar-refractivity contribution in [3.8, 4) is 22.5 Å². The number of aromatic nitrogens is 6. The highest BCUT2D eigenvalue weighted by molar-refractivity contribution is 5.69. The summed E-state index contributed by atoms with van der Waals surface area (Å²) in [7, 11) is 1.91. The van der Waals surface area contributed by atoms with Crippen molar-refractivity contribution < 1.29 is 0 Å². The first-order chi connectivity index (χ1) is 13.7. The fourth-order valence-electron chi connectivity index (χ4n) is 3.67. The second kappa shape index (κ2) is 6.72. The van der Waals surface area contributed by atoms with Gasteiger partial charge in [0.2, 0.25) is 0 Å². The van der Waals surface area contributed by atoms with Gasteiger partial charge in [0.1, 0.15) is 17.2 Å². The quantitative estimate of drug-likeness (QED) is 0.570. The molecule has 0 bridgehead atoms. The maximum atomic E-state index is 4.77. The second-order valence-electron chi connectivity index (χ2n) is 7.37. The molecule has 2 atom stereocenters. The van der Waals surface area contributed by atoms with Crippen LogP contribution in [0.3, 0.4) is 0 Å². The molecule has 4 aromatic rings. The molecule has 0 aromatic carbocycles. The number of hydrogen-bond acceptors (Lipinski definition) is 6. The normalized spacial score (nSPS) is 19.4. The van der Waals surface area contributed by atoms with E-state index in [2.05, 4.69) is 44.8 Å². The first-order valence-electron chi connectivity index (χ1n) is 9.43. The van der Waals surface area contributed by atoms with Crippen molar-refractivity contribution in [2.75, 3.05) is 18.4 Å². The van der Waals surface area contributed by atoms with E-state index in [1.807, 2.05) is 36.2 Å². The van der Waals surface area contributed by atoms with Crippen LogP contribution in [0.5, 0.6) is 0 Å². The highest BCUT2D eigenvalue weighted by Gasteiger charge is 2.23. The van der Waals surface area contributed by atoms with E-state index < -0.39 is 0 Å². The molecule has 5 heterocycles. The Morgan fingerprint density at radius 1 is 1.14 bits per heavy atom. The molecular formula is C20H22N8. The lowest BCUT2D eigenvalue weighted by Crippen LogP contribution is -2.27. The molecule has 28 heavy (non-hydrogen) atoms. The third-order valence-electron chi connectivity index (χ3n) is 5.30. The van der Waals surface area contributed by atoms with Crippen molar-refractivity contribution in [2.45, 2.75) is 13.0 Å². The van der Waals surface area contributed by atoms with E-state index in [4.69, 9.17) is 4.98 Å². The van der Waals surface area contributed by atoms with Gasteiger partial charge in [0.15, 0.2) is 0 Å². The van der Waals surface area contributed by atoms with E-state index in [9.17, 15) is 0 Å². The van der Waals surface area contributed by atoms with Gasteiger partial charge in [0.05, 0.1) is 30.5 Å². The molecule has 8 nitrogen and oxygen atoms in total. The van der Waals surface area contributed by atoms with Crippen molar-refractivity contribution in [3.63, 3.8) is 0 Å². The Bertz CT molecular complexity index is 1130. The standard InChI is InChI=1S/C20H22N8/c1-13-6-21-8-16(13)25-19-11-22-9-17(26-19)18-10-23-20-5-14(3-4-28(18)20)15-7-24-27(2)12-15/h3-5,7,9-13,16,21H,6,8H2,1-2H3,(H,25,26). The molecule has 2 N–H and O–H groups in total. The predicted molar refractivity (Wildman–Crippen MR) is 108 cm³/mol. The smallest absolute Gasteiger partial charge is 0.145 e. The van der Waals surface area contributed by atoms with Crippen LogP contribution in [0.25, 0.3) is 28.2 Å². The van der Waals surface area contributed by atoms with E-state index in [0.29, 0.717) is 12.0 Å². The number of fused-ring (bicyclic) bond motifs is 1. The summed E-state index contributed by atoms with van der Waals surface area (Å²) in [4.78, 5) is 13.7. The highest BCUT2D eigenvalue weighted by atomic mass is 15.2. The molecule has 1 saturated heterocycles. The van der Waals surface area contributed by atoms with Gasteiger partial charge in [-0.3, -0.25) is 14.1 Å². The van der Waals surface area contributed by atoms with E-state index in [1.54, 1.807) is 17.1 Å². The average molecular weight is 374 g/mol. The van der Waals surface area contributed by atoms with Gasteiger partial charge in [0, 0.05) is 37.6 Å². The molecule has 0 spiro atoms. The topological polar surface area (TPSA) is 85.0 Å². The maximum Gasteiger partial charge on any atom is 0.145 e. The summed E-state index contributed by atoms with van der Waals surface area (Å²) >= 11 is 0. The van der Waals surface area contributed by atoms with Crippen LogP contribution in [0.1, 0.15) is 6.92 Å². The number of imidazole rings is 1. The molecule has 1 aliphatic rings. The molecule has 0 amide bonds. The minimum Gasteiger partial charge on any atom is -0.364 e. The zero-order valence-corrected chi connectivity index (χ0v) is 15.9. The Kier molecular flexibility index (Phi) is 4.05. The predicted octanol–water partition coefficient (Wildman–Crippen LogP) is 2.21. The van der Waals surface area contributed by atoms with Crippen molar-refractivity contribution in [2.24, 2.45) is 13.0 Å². The summed E-state index contributed by atoms with van der Waals surface area (Å²) in [6.45, 7) is 4.20. The van der Waals surface area contributed by atoms with Crippen molar-refractivity contribution in [3.05, 3.63) is 49.3 Å². The average Bonchev–Trinajstić information content (AvgIpc) is 3.42. The monoisotopic (exact) mass is 374 g/mol. The van der Waals surface area contributed by atoms with Crippen molar-refractivity contribution >= 4 is 11.5 Å². The fraction of sp³-hybridized carbons (Fsp3) is 0.300. The number of pyridine rings is 1. The molecular weight excluding hydrogens is 352 g/mol. The number of nitrogens with zero attached hydrogens (tertiary/aromatic N) is 6. The van der Waals surface area contributed by atoms with E-state index in [-0.39, 0.29) is 0 Å². The minimum absolute atomic E-state index is 0.369. The third-order valence-corrected chi connectivity index (χ3v) is 5.30. The van der Waals surface area contributed by atoms with Gasteiger partial charge in [-0.15, -0.1) is 0 Å². The lowest BCUT2D eigenvalue weighted by Gasteiger charge is -2.16. The first-order valence-corrected chi connectivity index (χ1v) is 9.43. The van der Waals surface area contributed by atoms with Crippen LogP contribution in [0.4, 0.5) is 5.82 Å². The molecule has 1 aliphatic heterocycles. The van der Waals surface area contributed by atoms with Crippen LogP contribution in [0, 0.1) is 5.92 Å². The Morgan fingerprint density at radius 2 is 2.07 bits per heavy atom. The summed E-state index contributed by atoms with van der Waals surface area (Å²) in [5.74, 6) is 1.35. The molecule has 4 aromatic heterocycles.